The summed E-state index contributed by atoms with van der Waals surface area (Å²) >= 11 is 0. The first kappa shape index (κ1) is 26.3. The average Bonchev–Trinajstić information content (AvgIpc) is 3.16. The van der Waals surface area contributed by atoms with Crippen LogP contribution in [0.5, 0.6) is 0 Å². The van der Waals surface area contributed by atoms with E-state index in [1.807, 2.05) is 36.1 Å². The molecule has 2 aromatic rings. The summed E-state index contributed by atoms with van der Waals surface area (Å²) in [6.45, 7) is 3.75. The second-order valence-corrected chi connectivity index (χ2v) is 7.50. The number of alkyl halides is 3. The fourth-order valence-corrected chi connectivity index (χ4v) is 3.49. The van der Waals surface area contributed by atoms with E-state index in [-0.39, 0.29) is 18.1 Å². The van der Waals surface area contributed by atoms with Gasteiger partial charge < -0.3 is 19.5 Å². The third-order valence-corrected chi connectivity index (χ3v) is 5.02. The van der Waals surface area contributed by atoms with E-state index in [0.717, 1.165) is 18.4 Å². The summed E-state index contributed by atoms with van der Waals surface area (Å²) in [5.74, 6) is -2.73. The second kappa shape index (κ2) is 12.3. The molecule has 0 spiro atoms. The van der Waals surface area contributed by atoms with Gasteiger partial charge in [-0.15, -0.1) is 0 Å². The standard InChI is InChI=1S/C21H26N2O3.C2HF3O2/c1-16-12-18(15-22-14-16)21(24)23-9-8-20(26-11-10-25-2)19(23)13-17-6-4-3-5-7-17;3-2(4,5)1(6)7/h3-7,12,14-15,19-20H,8-11,13H2,1-2H3;(H,6,7)/t19-,20+;/m0./s1. The number of methoxy groups -OCH3 is 1. The van der Waals surface area contributed by atoms with Crippen LogP contribution in [-0.4, -0.2) is 72.1 Å². The molecule has 1 fully saturated rings. The van der Waals surface area contributed by atoms with E-state index >= 15 is 0 Å². The molecular weight excluding hydrogens is 441 g/mol. The van der Waals surface area contributed by atoms with Gasteiger partial charge in [-0.2, -0.15) is 13.2 Å². The van der Waals surface area contributed by atoms with Crippen LogP contribution in [0.4, 0.5) is 13.2 Å². The molecule has 1 aliphatic heterocycles. The molecule has 7 nitrogen and oxygen atoms in total. The van der Waals surface area contributed by atoms with Gasteiger partial charge in [0.1, 0.15) is 0 Å². The number of aliphatic carboxylic acids is 1. The molecule has 0 saturated carbocycles. The first-order valence-electron chi connectivity index (χ1n) is 10.3. The van der Waals surface area contributed by atoms with Crippen LogP contribution in [0.3, 0.4) is 0 Å². The number of rotatable bonds is 7. The number of amides is 1. The lowest BCUT2D eigenvalue weighted by atomic mass is 10.0. The van der Waals surface area contributed by atoms with E-state index in [2.05, 4.69) is 17.1 Å². The molecule has 3 rings (SSSR count). The van der Waals surface area contributed by atoms with Crippen molar-refractivity contribution in [3.63, 3.8) is 0 Å². The molecular formula is C23H27F3N2O5. The van der Waals surface area contributed by atoms with Gasteiger partial charge in [-0.25, -0.2) is 4.79 Å². The average molecular weight is 468 g/mol. The number of benzene rings is 1. The first-order chi connectivity index (χ1) is 15.6. The molecule has 10 heteroatoms. The summed E-state index contributed by atoms with van der Waals surface area (Å²) in [4.78, 5) is 28.1. The number of ether oxygens (including phenoxy) is 2. The third-order valence-electron chi connectivity index (χ3n) is 5.02. The van der Waals surface area contributed by atoms with Crippen LogP contribution in [0.1, 0.15) is 27.9 Å². The van der Waals surface area contributed by atoms with Crippen LogP contribution < -0.4 is 0 Å². The van der Waals surface area contributed by atoms with Crippen molar-refractivity contribution in [2.24, 2.45) is 0 Å². The number of aryl methyl sites for hydroxylation is 1. The molecule has 2 atom stereocenters. The van der Waals surface area contributed by atoms with E-state index in [1.165, 1.54) is 5.56 Å². The number of likely N-dealkylation sites (tertiary alicyclic amines) is 1. The molecule has 1 saturated heterocycles. The van der Waals surface area contributed by atoms with E-state index in [9.17, 15) is 18.0 Å². The van der Waals surface area contributed by atoms with Gasteiger partial charge in [-0.1, -0.05) is 30.3 Å². The van der Waals surface area contributed by atoms with Crippen molar-refractivity contribution in [2.45, 2.75) is 38.1 Å². The van der Waals surface area contributed by atoms with E-state index in [0.29, 0.717) is 25.3 Å². The predicted molar refractivity (Wildman–Crippen MR) is 114 cm³/mol. The molecule has 1 aliphatic rings. The van der Waals surface area contributed by atoms with Crippen LogP contribution in [-0.2, 0) is 20.7 Å². The maximum atomic E-state index is 13.1. The summed E-state index contributed by atoms with van der Waals surface area (Å²) in [6, 6.07) is 12.2. The molecule has 0 aliphatic carbocycles. The molecule has 0 bridgehead atoms. The topological polar surface area (TPSA) is 89.0 Å². The smallest absolute Gasteiger partial charge is 0.475 e. The van der Waals surface area contributed by atoms with Crippen molar-refractivity contribution in [1.29, 1.82) is 0 Å². The fraction of sp³-hybridized carbons (Fsp3) is 0.435. The number of halogens is 3. The second-order valence-electron chi connectivity index (χ2n) is 7.50. The lowest BCUT2D eigenvalue weighted by Crippen LogP contribution is -2.42. The molecule has 1 amide bonds. The Hall–Kier alpha value is -2.98. The van der Waals surface area contributed by atoms with Crippen LogP contribution in [0, 0.1) is 6.92 Å². The van der Waals surface area contributed by atoms with Crippen LogP contribution in [0.2, 0.25) is 0 Å². The molecule has 33 heavy (non-hydrogen) atoms. The Balaban J connectivity index is 0.000000479. The Morgan fingerprint density at radius 3 is 2.42 bits per heavy atom. The normalized spacial score (nSPS) is 17.9. The number of nitrogens with zero attached hydrogens (tertiary/aromatic N) is 2. The summed E-state index contributed by atoms with van der Waals surface area (Å²) in [5, 5.41) is 7.12. The van der Waals surface area contributed by atoms with Gasteiger partial charge in [0, 0.05) is 26.0 Å². The van der Waals surface area contributed by atoms with Crippen molar-refractivity contribution < 1.29 is 37.3 Å². The molecule has 1 aromatic carbocycles. The Labute approximate surface area is 190 Å². The van der Waals surface area contributed by atoms with Crippen LogP contribution in [0.15, 0.2) is 48.8 Å². The Kier molecular flexibility index (Phi) is 9.80. The molecule has 0 radical (unpaired) electrons. The highest BCUT2D eigenvalue weighted by Crippen LogP contribution is 2.26. The Morgan fingerprint density at radius 1 is 1.18 bits per heavy atom. The molecule has 2 heterocycles. The number of carbonyl (C=O) groups is 2. The van der Waals surface area contributed by atoms with Crippen molar-refractivity contribution >= 4 is 11.9 Å². The SMILES string of the molecule is COCCO[C@@H]1CCN(C(=O)c2cncc(C)c2)[C@H]1Cc1ccccc1.O=C(O)C(F)(F)F. The van der Waals surface area contributed by atoms with Crippen LogP contribution in [0.25, 0.3) is 0 Å². The van der Waals surface area contributed by atoms with Crippen LogP contribution >= 0.6 is 0 Å². The fourth-order valence-electron chi connectivity index (χ4n) is 3.49. The number of carbonyl (C=O) groups excluding carboxylic acids is 1. The Bertz CT molecular complexity index is 908. The van der Waals surface area contributed by atoms with Crippen molar-refractivity contribution in [3.05, 3.63) is 65.5 Å². The zero-order valence-corrected chi connectivity index (χ0v) is 18.4. The minimum atomic E-state index is -5.08. The third kappa shape index (κ3) is 8.14. The van der Waals surface area contributed by atoms with Crippen molar-refractivity contribution in [2.75, 3.05) is 26.9 Å². The molecule has 1 N–H and O–H groups in total. The summed E-state index contributed by atoms with van der Waals surface area (Å²) in [5.41, 5.74) is 2.84. The zero-order valence-electron chi connectivity index (χ0n) is 18.4. The minimum absolute atomic E-state index is 0.0160. The van der Waals surface area contributed by atoms with Gasteiger partial charge in [0.05, 0.1) is 30.9 Å². The number of aromatic nitrogens is 1. The maximum Gasteiger partial charge on any atom is 0.490 e. The number of hydrogen-bond donors (Lipinski definition) is 1. The van der Waals surface area contributed by atoms with Crippen molar-refractivity contribution in [3.8, 4) is 0 Å². The minimum Gasteiger partial charge on any atom is -0.475 e. The largest absolute Gasteiger partial charge is 0.490 e. The molecule has 180 valence electrons. The van der Waals surface area contributed by atoms with Crippen molar-refractivity contribution in [1.82, 2.24) is 9.88 Å². The Morgan fingerprint density at radius 2 is 1.85 bits per heavy atom. The number of carboxylic acid groups (broad SMARTS) is 1. The quantitative estimate of drug-likeness (QED) is 0.626. The van der Waals surface area contributed by atoms with E-state index in [1.54, 1.807) is 19.5 Å². The monoisotopic (exact) mass is 468 g/mol. The predicted octanol–water partition coefficient (Wildman–Crippen LogP) is 3.51. The van der Waals surface area contributed by atoms with Gasteiger partial charge in [0.15, 0.2) is 0 Å². The zero-order chi connectivity index (χ0) is 24.4. The highest BCUT2D eigenvalue weighted by Gasteiger charge is 2.39. The highest BCUT2D eigenvalue weighted by atomic mass is 19.4. The van der Waals surface area contributed by atoms with Gasteiger partial charge in [0.25, 0.3) is 5.91 Å². The summed E-state index contributed by atoms with van der Waals surface area (Å²) in [6.07, 6.45) is -0.0326. The summed E-state index contributed by atoms with van der Waals surface area (Å²) in [7, 11) is 1.67. The lowest BCUT2D eigenvalue weighted by Gasteiger charge is -2.28. The first-order valence-corrected chi connectivity index (χ1v) is 10.3. The molecule has 1 aromatic heterocycles. The number of carboxylic acids is 1. The maximum absolute atomic E-state index is 13.1. The van der Waals surface area contributed by atoms with E-state index < -0.39 is 12.1 Å². The number of pyridine rings is 1. The van der Waals surface area contributed by atoms with Gasteiger partial charge in [-0.3, -0.25) is 9.78 Å². The highest BCUT2D eigenvalue weighted by molar-refractivity contribution is 5.94. The van der Waals surface area contributed by atoms with Gasteiger partial charge in [-0.05, 0) is 37.0 Å². The van der Waals surface area contributed by atoms with Gasteiger partial charge in [0.2, 0.25) is 0 Å². The van der Waals surface area contributed by atoms with E-state index in [4.69, 9.17) is 19.4 Å². The molecule has 0 unspecified atom stereocenters. The van der Waals surface area contributed by atoms with Gasteiger partial charge >= 0.3 is 12.1 Å². The summed E-state index contributed by atoms with van der Waals surface area (Å²) < 4.78 is 42.9. The number of hydrogen-bond acceptors (Lipinski definition) is 5. The lowest BCUT2D eigenvalue weighted by molar-refractivity contribution is -0.192.